The molecule has 0 unspecified atom stereocenters. The molecule has 0 bridgehead atoms. The number of ether oxygens (including phenoxy) is 1. The maximum atomic E-state index is 8.90. The van der Waals surface area contributed by atoms with E-state index in [0.29, 0.717) is 17.9 Å². The number of methoxy groups -OCH3 is 1. The second kappa shape index (κ2) is 6.15. The summed E-state index contributed by atoms with van der Waals surface area (Å²) in [5, 5.41) is 15.4. The summed E-state index contributed by atoms with van der Waals surface area (Å²) in [6.45, 7) is 7.11. The van der Waals surface area contributed by atoms with Crippen molar-refractivity contribution < 1.29 is 4.74 Å². The summed E-state index contributed by atoms with van der Waals surface area (Å²) in [7, 11) is 1.60. The van der Waals surface area contributed by atoms with E-state index in [1.54, 1.807) is 30.6 Å². The highest BCUT2D eigenvalue weighted by Gasteiger charge is 2.17. The molecule has 0 aliphatic rings. The van der Waals surface area contributed by atoms with Gasteiger partial charge in [0, 0.05) is 16.9 Å². The van der Waals surface area contributed by atoms with Crippen LogP contribution >= 0.6 is 11.3 Å². The van der Waals surface area contributed by atoms with E-state index in [-0.39, 0.29) is 5.41 Å². The molecule has 2 aromatic rings. The van der Waals surface area contributed by atoms with Gasteiger partial charge in [-0.25, -0.2) is 4.98 Å². The minimum Gasteiger partial charge on any atom is -0.495 e. The van der Waals surface area contributed by atoms with E-state index in [1.807, 2.05) is 6.07 Å². The van der Waals surface area contributed by atoms with Crippen molar-refractivity contribution in [2.75, 3.05) is 12.4 Å². The van der Waals surface area contributed by atoms with Crippen LogP contribution in [0.3, 0.4) is 0 Å². The Kier molecular flexibility index (Phi) is 4.49. The molecule has 110 valence electrons. The lowest BCUT2D eigenvalue weighted by molar-refractivity contribution is 0.416. The number of rotatable bonds is 4. The van der Waals surface area contributed by atoms with E-state index in [1.165, 1.54) is 0 Å². The average molecular weight is 301 g/mol. The van der Waals surface area contributed by atoms with Crippen LogP contribution in [0.25, 0.3) is 0 Å². The first-order chi connectivity index (χ1) is 9.94. The van der Waals surface area contributed by atoms with Gasteiger partial charge in [0.1, 0.15) is 5.75 Å². The van der Waals surface area contributed by atoms with Gasteiger partial charge in [-0.15, -0.1) is 11.3 Å². The zero-order valence-corrected chi connectivity index (χ0v) is 13.5. The minimum atomic E-state index is 0.0784. The van der Waals surface area contributed by atoms with Gasteiger partial charge in [-0.1, -0.05) is 20.8 Å². The van der Waals surface area contributed by atoms with E-state index < -0.39 is 0 Å². The molecule has 1 aromatic heterocycles. The number of nitrogens with one attached hydrogen (secondary N) is 1. The molecule has 0 radical (unpaired) electrons. The molecule has 1 N–H and O–H groups in total. The van der Waals surface area contributed by atoms with Gasteiger partial charge in [-0.3, -0.25) is 0 Å². The third-order valence-corrected chi connectivity index (χ3v) is 4.30. The maximum Gasteiger partial charge on any atom is 0.143 e. The molecule has 2 rings (SSSR count). The van der Waals surface area contributed by atoms with Gasteiger partial charge >= 0.3 is 0 Å². The summed E-state index contributed by atoms with van der Waals surface area (Å²) >= 11 is 1.68. The van der Waals surface area contributed by atoms with Crippen molar-refractivity contribution in [1.82, 2.24) is 4.98 Å². The van der Waals surface area contributed by atoms with Gasteiger partial charge in [0.2, 0.25) is 0 Å². The second-order valence-corrected chi connectivity index (χ2v) is 6.63. The van der Waals surface area contributed by atoms with Crippen molar-refractivity contribution in [3.8, 4) is 11.8 Å². The monoisotopic (exact) mass is 301 g/mol. The van der Waals surface area contributed by atoms with Gasteiger partial charge in [-0.05, 0) is 12.1 Å². The minimum absolute atomic E-state index is 0.0784. The molecule has 0 fully saturated rings. The first-order valence-corrected chi connectivity index (χ1v) is 7.59. The Morgan fingerprint density at radius 2 is 2.14 bits per heavy atom. The molecule has 4 nitrogen and oxygen atoms in total. The summed E-state index contributed by atoms with van der Waals surface area (Å²) in [5.74, 6) is 0.667. The molecule has 0 amide bonds. The summed E-state index contributed by atoms with van der Waals surface area (Å²) in [6, 6.07) is 7.46. The van der Waals surface area contributed by atoms with Crippen LogP contribution in [0.1, 0.15) is 37.0 Å². The van der Waals surface area contributed by atoms with Crippen molar-refractivity contribution in [3.05, 3.63) is 39.8 Å². The van der Waals surface area contributed by atoms with Crippen molar-refractivity contribution in [2.45, 2.75) is 32.7 Å². The molecule has 0 spiro atoms. The Hall–Kier alpha value is -2.06. The molecule has 1 heterocycles. The molecule has 0 aliphatic carbocycles. The molecule has 0 saturated carbocycles. The van der Waals surface area contributed by atoms with Crippen molar-refractivity contribution >= 4 is 17.0 Å². The molecule has 0 atom stereocenters. The lowest BCUT2D eigenvalue weighted by atomic mass is 9.98. The number of benzene rings is 1. The topological polar surface area (TPSA) is 57.9 Å². The fourth-order valence-electron chi connectivity index (χ4n) is 1.83. The smallest absolute Gasteiger partial charge is 0.143 e. The number of aromatic nitrogens is 1. The summed E-state index contributed by atoms with van der Waals surface area (Å²) in [4.78, 5) is 4.65. The molecule has 0 aliphatic heterocycles. The zero-order valence-electron chi connectivity index (χ0n) is 12.7. The van der Waals surface area contributed by atoms with Gasteiger partial charge < -0.3 is 10.1 Å². The van der Waals surface area contributed by atoms with Gasteiger partial charge in [0.15, 0.2) is 0 Å². The van der Waals surface area contributed by atoms with Crippen LogP contribution < -0.4 is 10.1 Å². The third kappa shape index (κ3) is 3.73. The molecular weight excluding hydrogens is 282 g/mol. The van der Waals surface area contributed by atoms with Gasteiger partial charge in [0.25, 0.3) is 0 Å². The van der Waals surface area contributed by atoms with Crippen LogP contribution in [0.2, 0.25) is 0 Å². The first kappa shape index (κ1) is 15.3. The number of anilines is 1. The summed E-state index contributed by atoms with van der Waals surface area (Å²) in [5.41, 5.74) is 2.54. The lowest BCUT2D eigenvalue weighted by Crippen LogP contribution is -2.11. The highest BCUT2D eigenvalue weighted by Crippen LogP contribution is 2.28. The lowest BCUT2D eigenvalue weighted by Gasteiger charge is -2.14. The Morgan fingerprint density at radius 3 is 2.71 bits per heavy atom. The van der Waals surface area contributed by atoms with Crippen LogP contribution in [0.5, 0.6) is 5.75 Å². The molecule has 5 heteroatoms. The van der Waals surface area contributed by atoms with Crippen LogP contribution in [0.15, 0.2) is 23.6 Å². The Balaban J connectivity index is 2.10. The molecule has 1 aromatic carbocycles. The van der Waals surface area contributed by atoms with Crippen molar-refractivity contribution in [1.29, 1.82) is 5.26 Å². The first-order valence-electron chi connectivity index (χ1n) is 6.71. The molecule has 21 heavy (non-hydrogen) atoms. The Labute approximate surface area is 129 Å². The standard InChI is InChI=1S/C16H19N3OS/c1-16(2,3)15-19-12(10-21-15)9-18-13-6-5-11(8-17)7-14(13)20-4/h5-7,10,18H,9H2,1-4H3. The van der Waals surface area contributed by atoms with Crippen LogP contribution in [-0.2, 0) is 12.0 Å². The number of thiazole rings is 1. The van der Waals surface area contributed by atoms with E-state index >= 15 is 0 Å². The number of hydrogen-bond acceptors (Lipinski definition) is 5. The van der Waals surface area contributed by atoms with Crippen LogP contribution in [-0.4, -0.2) is 12.1 Å². The average Bonchev–Trinajstić information content (AvgIpc) is 2.94. The number of hydrogen-bond donors (Lipinski definition) is 1. The van der Waals surface area contributed by atoms with Gasteiger partial charge in [0.05, 0.1) is 41.7 Å². The van der Waals surface area contributed by atoms with E-state index in [2.05, 4.69) is 42.5 Å². The van der Waals surface area contributed by atoms with Crippen molar-refractivity contribution in [2.24, 2.45) is 0 Å². The number of nitriles is 1. The zero-order chi connectivity index (χ0) is 15.5. The second-order valence-electron chi connectivity index (χ2n) is 5.77. The normalized spacial score (nSPS) is 11.0. The quantitative estimate of drug-likeness (QED) is 0.929. The SMILES string of the molecule is COc1cc(C#N)ccc1NCc1csc(C(C)(C)C)n1. The van der Waals surface area contributed by atoms with E-state index in [0.717, 1.165) is 16.4 Å². The molecule has 0 saturated heterocycles. The summed E-state index contributed by atoms with van der Waals surface area (Å²) in [6.07, 6.45) is 0. The predicted octanol–water partition coefficient (Wildman–Crippen LogP) is 3.93. The highest BCUT2D eigenvalue weighted by atomic mass is 32.1. The fraction of sp³-hybridized carbons (Fsp3) is 0.375. The predicted molar refractivity (Wildman–Crippen MR) is 85.8 cm³/mol. The summed E-state index contributed by atoms with van der Waals surface area (Å²) < 4.78 is 5.30. The van der Waals surface area contributed by atoms with E-state index in [4.69, 9.17) is 10.00 Å². The van der Waals surface area contributed by atoms with Crippen LogP contribution in [0.4, 0.5) is 5.69 Å². The Bertz CT molecular complexity index is 665. The third-order valence-electron chi connectivity index (χ3n) is 2.98. The largest absolute Gasteiger partial charge is 0.495 e. The van der Waals surface area contributed by atoms with Gasteiger partial charge in [-0.2, -0.15) is 5.26 Å². The van der Waals surface area contributed by atoms with Crippen LogP contribution in [0, 0.1) is 11.3 Å². The van der Waals surface area contributed by atoms with E-state index in [9.17, 15) is 0 Å². The Morgan fingerprint density at radius 1 is 1.38 bits per heavy atom. The number of nitrogens with zero attached hydrogens (tertiary/aromatic N) is 2. The van der Waals surface area contributed by atoms with Crippen molar-refractivity contribution in [3.63, 3.8) is 0 Å². The maximum absolute atomic E-state index is 8.90. The highest BCUT2D eigenvalue weighted by molar-refractivity contribution is 7.09. The fourth-order valence-corrected chi connectivity index (χ4v) is 2.73. The molecular formula is C16H19N3OS.